The van der Waals surface area contributed by atoms with Crippen LogP contribution in [-0.2, 0) is 21.7 Å². The summed E-state index contributed by atoms with van der Waals surface area (Å²) in [6.45, 7) is 14.3. The fourth-order valence-corrected chi connectivity index (χ4v) is 26.8. The molecule has 0 spiro atoms. The summed E-state index contributed by atoms with van der Waals surface area (Å²) in [5.74, 6) is 0. The Morgan fingerprint density at radius 2 is 0.617 bits per heavy atom. The summed E-state index contributed by atoms with van der Waals surface area (Å²) in [5, 5.41) is 10.0. The van der Waals surface area contributed by atoms with E-state index < -0.39 is 5.41 Å². The van der Waals surface area contributed by atoms with E-state index in [0.717, 1.165) is 67.2 Å². The number of anilines is 9. The third-order valence-electron chi connectivity index (χ3n) is 32.1. The zero-order chi connectivity index (χ0) is 99.8. The van der Waals surface area contributed by atoms with E-state index in [0.29, 0.717) is 0 Å². The molecule has 4 aliphatic rings. The Morgan fingerprint density at radius 1 is 0.195 bits per heavy atom. The minimum Gasteiger partial charge on any atom is -0.456 e. The predicted molar refractivity (Wildman–Crippen MR) is 630 cm³/mol. The van der Waals surface area contributed by atoms with Gasteiger partial charge in [0.2, 0.25) is 0 Å². The minimum absolute atomic E-state index is 0.150. The van der Waals surface area contributed by atoms with Crippen LogP contribution < -0.4 is 14.7 Å². The van der Waals surface area contributed by atoms with Gasteiger partial charge in [-0.3, -0.25) is 0 Å². The highest BCUT2D eigenvalue weighted by atomic mass is 32.1. The third kappa shape index (κ3) is 14.6. The number of benzene rings is 23. The van der Waals surface area contributed by atoms with Crippen molar-refractivity contribution in [2.45, 2.75) is 63.2 Å². The third-order valence-corrected chi connectivity index (χ3v) is 33.3. The molecule has 4 nitrogen and oxygen atoms in total. The second kappa shape index (κ2) is 36.0. The number of nitrogens with zero attached hydrogens (tertiary/aromatic N) is 3. The average molecular weight is 1930 g/mol. The van der Waals surface area contributed by atoms with Crippen molar-refractivity contribution >= 4 is 126 Å². The number of thiophene rings is 1. The summed E-state index contributed by atoms with van der Waals surface area (Å²) in [6.07, 6.45) is 0. The lowest BCUT2D eigenvalue weighted by atomic mass is 9.67. The van der Waals surface area contributed by atoms with Crippen LogP contribution >= 0.6 is 11.3 Å². The number of fused-ring (bicyclic) bond motifs is 21. The lowest BCUT2D eigenvalue weighted by Crippen LogP contribution is -2.30. The van der Waals surface area contributed by atoms with Crippen LogP contribution in [0.5, 0.6) is 0 Å². The maximum Gasteiger partial charge on any atom is 0.138 e. The quantitative estimate of drug-likeness (QED) is 0.102. The molecule has 0 amide bonds. The van der Waals surface area contributed by atoms with Crippen molar-refractivity contribution in [2.75, 3.05) is 14.7 Å². The highest BCUT2D eigenvalue weighted by Crippen LogP contribution is 2.64. The van der Waals surface area contributed by atoms with E-state index in [1.165, 1.54) is 192 Å². The van der Waals surface area contributed by atoms with Gasteiger partial charge in [-0.15, -0.1) is 11.3 Å². The van der Waals surface area contributed by atoms with Gasteiger partial charge < -0.3 is 19.1 Å². The normalized spacial score (nSPS) is 13.5. The van der Waals surface area contributed by atoms with Gasteiger partial charge >= 0.3 is 0 Å². The molecule has 0 N–H and O–H groups in total. The van der Waals surface area contributed by atoms with Crippen molar-refractivity contribution < 1.29 is 4.42 Å². The van der Waals surface area contributed by atoms with E-state index in [1.807, 2.05) is 17.4 Å². The molecule has 5 heteroatoms. The molecule has 0 fully saturated rings. The minimum atomic E-state index is -0.538. The maximum absolute atomic E-state index is 6.63. The highest BCUT2D eigenvalue weighted by molar-refractivity contribution is 7.26. The summed E-state index contributed by atoms with van der Waals surface area (Å²) in [7, 11) is 0. The zero-order valence-corrected chi connectivity index (χ0v) is 84.7. The molecular formula is C144H105N3OS. The second-order valence-electron chi connectivity index (χ2n) is 41.5. The van der Waals surface area contributed by atoms with E-state index in [2.05, 4.69) is 578 Å². The van der Waals surface area contributed by atoms with E-state index in [4.69, 9.17) is 4.42 Å². The number of furan rings is 1. The summed E-state index contributed by atoms with van der Waals surface area (Å²) < 4.78 is 9.30. The van der Waals surface area contributed by atoms with Gasteiger partial charge in [-0.1, -0.05) is 460 Å². The van der Waals surface area contributed by atoms with Crippen LogP contribution in [0, 0.1) is 0 Å². The zero-order valence-electron chi connectivity index (χ0n) is 83.9. The number of hydrogen-bond acceptors (Lipinski definition) is 5. The van der Waals surface area contributed by atoms with Gasteiger partial charge in [-0.2, -0.15) is 0 Å². The maximum atomic E-state index is 6.63. The van der Waals surface area contributed by atoms with Crippen LogP contribution in [0.3, 0.4) is 0 Å². The Hall–Kier alpha value is -18.0. The molecular weight excluding hydrogens is 1820 g/mol. The topological polar surface area (TPSA) is 22.9 Å². The molecule has 0 aliphatic heterocycles. The van der Waals surface area contributed by atoms with Crippen LogP contribution in [-0.4, -0.2) is 0 Å². The molecule has 2 aromatic heterocycles. The molecule has 0 bridgehead atoms. The van der Waals surface area contributed by atoms with Crippen LogP contribution in [0.25, 0.3) is 153 Å². The Morgan fingerprint density at radius 3 is 1.28 bits per heavy atom. The van der Waals surface area contributed by atoms with Gasteiger partial charge in [-0.25, -0.2) is 0 Å². The van der Waals surface area contributed by atoms with E-state index in [9.17, 15) is 0 Å². The number of rotatable bonds is 15. The van der Waals surface area contributed by atoms with Crippen molar-refractivity contribution in [3.8, 4) is 89.0 Å². The van der Waals surface area contributed by atoms with Gasteiger partial charge in [0, 0.05) is 92.3 Å². The molecule has 149 heavy (non-hydrogen) atoms. The SMILES string of the molecule is CC1(C)c2ccc(-c3ccccc3)cc2-c2cccc(-c3ccc(N(c4ccccc4)c4cccc5c4C(c4ccccc4)(c4ccccc4)c4ccccc4-5)cc3)c21.CC1(C)c2ccccc2-c2cc3ccccc3c(N(c3ccccc3)c3cccc4c3ccc3sc5ccccc5c34)c21.CC1(C)c2ccccc2-c2cccc(N(c3cccc(-c4ccccc4)c3)c3cc(-c4ccccc4)c4c(c3)oc3ccccc34)c21. The Bertz CT molecular complexity index is 9500. The molecule has 4 aliphatic carbocycles. The fourth-order valence-electron chi connectivity index (χ4n) is 25.6. The lowest BCUT2D eigenvalue weighted by molar-refractivity contribution is 0.660. The fraction of sp³-hybridized carbons (Fsp3) is 0.0694. The van der Waals surface area contributed by atoms with E-state index >= 15 is 0 Å². The molecule has 2 heterocycles. The van der Waals surface area contributed by atoms with Gasteiger partial charge in [0.05, 0.1) is 33.9 Å². The summed E-state index contributed by atoms with van der Waals surface area (Å²) in [5.41, 5.74) is 44.6. The monoisotopic (exact) mass is 1920 g/mol. The molecule has 0 unspecified atom stereocenters. The molecule has 0 saturated heterocycles. The molecule has 25 aromatic rings. The highest BCUT2D eigenvalue weighted by Gasteiger charge is 2.50. The molecule has 0 atom stereocenters. The number of hydrogen-bond donors (Lipinski definition) is 0. The smallest absolute Gasteiger partial charge is 0.138 e. The van der Waals surface area contributed by atoms with Gasteiger partial charge in [0.1, 0.15) is 11.2 Å². The number of para-hydroxylation sites is 3. The van der Waals surface area contributed by atoms with Crippen LogP contribution in [0.2, 0.25) is 0 Å². The summed E-state index contributed by atoms with van der Waals surface area (Å²) in [4.78, 5) is 7.45. The first-order valence-electron chi connectivity index (χ1n) is 51.9. The van der Waals surface area contributed by atoms with Crippen molar-refractivity contribution in [1.29, 1.82) is 0 Å². The molecule has 708 valence electrons. The summed E-state index contributed by atoms with van der Waals surface area (Å²) >= 11 is 1.88. The predicted octanol–water partition coefficient (Wildman–Crippen LogP) is 40.0. The average Bonchev–Trinajstić information content (AvgIpc) is 1.54. The Labute approximate surface area is 874 Å². The second-order valence-corrected chi connectivity index (χ2v) is 42.6. The van der Waals surface area contributed by atoms with E-state index in [1.54, 1.807) is 0 Å². The van der Waals surface area contributed by atoms with Gasteiger partial charge in [0.15, 0.2) is 0 Å². The first-order valence-corrected chi connectivity index (χ1v) is 52.7. The molecule has 23 aromatic carbocycles. The Kier molecular flexibility index (Phi) is 21.7. The molecule has 0 radical (unpaired) electrons. The standard InChI is InChI=1S/C58H43N.C45H33NO.C41H29NS/c1-57(2)52-38-35-42(40-19-7-3-8-20-40)39-51(52)50-29-17-28-47(55(50)57)41-33-36-46(37-34-41)59(45-25-13-6-14-26-45)54-32-18-30-49-48-27-15-16-31-53(48)58(56(49)54,43-21-9-4-10-22-43)44-23-11-5-12-24-44;1-45(2)39-24-11-9-21-35(39)36-23-14-25-40(44(36)45)46(33-20-13-19-32(27-33)30-15-5-3-6-16-30)34-28-38(31-17-7-4-8-18-31)43-37-22-10-12-26-41(37)47-42(43)29-34;1-41(2)34-20-10-8-17-29(34)33-25-26-13-6-7-16-28(26)40(39(33)41)42(27-14-4-3-5-15-27)35-21-12-19-31-30(35)23-24-37-38(31)32-18-9-11-22-36(32)43-37/h3-39H,1-2H3;3-29H,1-2H3;3-25H,1-2H3. The van der Waals surface area contributed by atoms with Crippen molar-refractivity contribution in [3.63, 3.8) is 0 Å². The van der Waals surface area contributed by atoms with Crippen molar-refractivity contribution in [1.82, 2.24) is 0 Å². The first kappa shape index (κ1) is 89.8. The van der Waals surface area contributed by atoms with Gasteiger partial charge in [-0.05, 0) is 253 Å². The first-order chi connectivity index (χ1) is 73.2. The van der Waals surface area contributed by atoms with Crippen LogP contribution in [0.15, 0.2) is 532 Å². The largest absolute Gasteiger partial charge is 0.456 e. The van der Waals surface area contributed by atoms with Crippen LogP contribution in [0.4, 0.5) is 51.2 Å². The van der Waals surface area contributed by atoms with E-state index in [-0.39, 0.29) is 16.2 Å². The summed E-state index contributed by atoms with van der Waals surface area (Å²) in [6, 6.07) is 193. The lowest BCUT2D eigenvalue weighted by Gasteiger charge is -2.38. The molecule has 29 rings (SSSR count). The molecule has 0 saturated carbocycles. The van der Waals surface area contributed by atoms with Gasteiger partial charge in [0.25, 0.3) is 0 Å². The Balaban J connectivity index is 0.000000112. The van der Waals surface area contributed by atoms with Crippen molar-refractivity contribution in [3.05, 3.63) is 583 Å². The van der Waals surface area contributed by atoms with Crippen molar-refractivity contribution in [2.24, 2.45) is 0 Å². The van der Waals surface area contributed by atoms with Crippen LogP contribution in [0.1, 0.15) is 97.2 Å².